The topological polar surface area (TPSA) is 75.3 Å². The molecular weight excluding hydrogens is 378 g/mol. The van der Waals surface area contributed by atoms with Crippen molar-refractivity contribution in [3.8, 4) is 5.75 Å². The van der Waals surface area contributed by atoms with Crippen molar-refractivity contribution in [2.24, 2.45) is 0 Å². The van der Waals surface area contributed by atoms with E-state index in [0.717, 1.165) is 16.5 Å². The first-order chi connectivity index (χ1) is 14.6. The Kier molecular flexibility index (Phi) is 5.30. The van der Waals surface area contributed by atoms with Gasteiger partial charge in [0.25, 0.3) is 11.5 Å². The maximum Gasteiger partial charge on any atom is 0.258 e. The quantitative estimate of drug-likeness (QED) is 0.549. The predicted molar refractivity (Wildman–Crippen MR) is 117 cm³/mol. The average Bonchev–Trinajstić information content (AvgIpc) is 2.78. The minimum atomic E-state index is -0.245. The van der Waals surface area contributed by atoms with Crippen LogP contribution in [0, 0.1) is 6.92 Å². The van der Waals surface area contributed by atoms with Gasteiger partial charge in [-0.2, -0.15) is 0 Å². The molecule has 0 radical (unpaired) electrons. The molecule has 30 heavy (non-hydrogen) atoms. The van der Waals surface area contributed by atoms with Crippen molar-refractivity contribution in [3.63, 3.8) is 0 Å². The van der Waals surface area contributed by atoms with E-state index in [2.05, 4.69) is 9.97 Å². The van der Waals surface area contributed by atoms with Crippen LogP contribution in [0.15, 0.2) is 77.9 Å². The number of benzene rings is 2. The molecule has 0 unspecified atom stereocenters. The van der Waals surface area contributed by atoms with Gasteiger partial charge < -0.3 is 14.6 Å². The zero-order valence-corrected chi connectivity index (χ0v) is 16.8. The Bertz CT molecular complexity index is 1270. The summed E-state index contributed by atoms with van der Waals surface area (Å²) < 4.78 is 5.47. The van der Waals surface area contributed by atoms with E-state index in [0.29, 0.717) is 22.6 Å². The number of para-hydroxylation sites is 3. The normalized spacial score (nSPS) is 10.7. The van der Waals surface area contributed by atoms with Gasteiger partial charge in [0.2, 0.25) is 0 Å². The lowest BCUT2D eigenvalue weighted by Gasteiger charge is -2.24. The molecule has 0 spiro atoms. The van der Waals surface area contributed by atoms with E-state index in [1.807, 2.05) is 43.3 Å². The first-order valence-corrected chi connectivity index (χ1v) is 9.55. The van der Waals surface area contributed by atoms with Crippen molar-refractivity contribution in [3.05, 3.63) is 100 Å². The molecule has 0 aliphatic carbocycles. The third-order valence-corrected chi connectivity index (χ3v) is 5.04. The molecule has 0 aliphatic heterocycles. The Morgan fingerprint density at radius 3 is 2.60 bits per heavy atom. The monoisotopic (exact) mass is 399 g/mol. The number of amides is 1. The molecule has 0 saturated carbocycles. The molecule has 0 bridgehead atoms. The number of nitrogens with zero attached hydrogens (tertiary/aromatic N) is 2. The number of ether oxygens (including phenoxy) is 1. The third kappa shape index (κ3) is 3.67. The van der Waals surface area contributed by atoms with Crippen molar-refractivity contribution >= 4 is 22.5 Å². The summed E-state index contributed by atoms with van der Waals surface area (Å²) in [5.74, 6) is 0.304. The largest absolute Gasteiger partial charge is 0.495 e. The van der Waals surface area contributed by atoms with Crippen molar-refractivity contribution < 1.29 is 9.53 Å². The van der Waals surface area contributed by atoms with E-state index in [-0.39, 0.29) is 18.0 Å². The van der Waals surface area contributed by atoms with E-state index in [1.165, 1.54) is 0 Å². The number of hydrogen-bond donors (Lipinski definition) is 1. The van der Waals surface area contributed by atoms with E-state index >= 15 is 0 Å². The molecule has 6 heteroatoms. The lowest BCUT2D eigenvalue weighted by molar-refractivity contribution is 0.0984. The summed E-state index contributed by atoms with van der Waals surface area (Å²) in [6.45, 7) is 2.05. The van der Waals surface area contributed by atoms with Crippen molar-refractivity contribution in [1.82, 2.24) is 9.97 Å². The Morgan fingerprint density at radius 2 is 1.83 bits per heavy atom. The Morgan fingerprint density at radius 1 is 1.07 bits per heavy atom. The van der Waals surface area contributed by atoms with Gasteiger partial charge in [0, 0.05) is 23.5 Å². The minimum absolute atomic E-state index is 0.0980. The second kappa shape index (κ2) is 8.21. The molecule has 4 rings (SSSR count). The van der Waals surface area contributed by atoms with Gasteiger partial charge in [0.05, 0.1) is 24.9 Å². The highest BCUT2D eigenvalue weighted by Crippen LogP contribution is 2.30. The first-order valence-electron chi connectivity index (χ1n) is 9.55. The van der Waals surface area contributed by atoms with Crippen LogP contribution < -0.4 is 15.2 Å². The highest BCUT2D eigenvalue weighted by atomic mass is 16.5. The maximum absolute atomic E-state index is 13.4. The summed E-state index contributed by atoms with van der Waals surface area (Å²) in [5, 5.41) is 0.918. The van der Waals surface area contributed by atoms with Crippen LogP contribution in [0.4, 0.5) is 5.69 Å². The molecule has 4 aromatic rings. The van der Waals surface area contributed by atoms with Crippen LogP contribution in [0.5, 0.6) is 5.75 Å². The summed E-state index contributed by atoms with van der Waals surface area (Å²) in [7, 11) is 1.56. The number of nitrogens with one attached hydrogen (secondary N) is 1. The number of fused-ring (bicyclic) bond motifs is 1. The van der Waals surface area contributed by atoms with Gasteiger partial charge in [0.15, 0.2) is 0 Å². The number of methoxy groups -OCH3 is 1. The summed E-state index contributed by atoms with van der Waals surface area (Å²) in [6.07, 6.45) is 3.14. The van der Waals surface area contributed by atoms with Crippen LogP contribution >= 0.6 is 0 Å². The third-order valence-electron chi connectivity index (χ3n) is 5.04. The molecule has 6 nitrogen and oxygen atoms in total. The Balaban J connectivity index is 1.83. The highest BCUT2D eigenvalue weighted by Gasteiger charge is 2.22. The van der Waals surface area contributed by atoms with Gasteiger partial charge in [-0.05, 0) is 48.2 Å². The van der Waals surface area contributed by atoms with Crippen LogP contribution in [0.2, 0.25) is 0 Å². The maximum atomic E-state index is 13.4. The fourth-order valence-electron chi connectivity index (χ4n) is 3.49. The predicted octanol–water partition coefficient (Wildman–Crippen LogP) is 4.09. The number of anilines is 1. The summed E-state index contributed by atoms with van der Waals surface area (Å²) in [6, 6.07) is 18.2. The molecule has 150 valence electrons. The van der Waals surface area contributed by atoms with E-state index in [4.69, 9.17) is 4.74 Å². The van der Waals surface area contributed by atoms with Crippen molar-refractivity contribution in [2.45, 2.75) is 13.5 Å². The van der Waals surface area contributed by atoms with Crippen LogP contribution in [0.25, 0.3) is 10.9 Å². The SMILES string of the molecule is COc1ccccc1N(Cc1cc2cccc(C)c2[nH]c1=O)C(=O)c1ccncc1. The molecule has 0 aliphatic rings. The minimum Gasteiger partial charge on any atom is -0.495 e. The van der Waals surface area contributed by atoms with Gasteiger partial charge in [-0.25, -0.2) is 0 Å². The van der Waals surface area contributed by atoms with Crippen LogP contribution in [0.3, 0.4) is 0 Å². The summed E-state index contributed by atoms with van der Waals surface area (Å²) in [4.78, 5) is 34.7. The molecule has 2 heterocycles. The number of aromatic amines is 1. The summed E-state index contributed by atoms with van der Waals surface area (Å²) in [5.41, 5.74) is 3.12. The van der Waals surface area contributed by atoms with Gasteiger partial charge in [-0.1, -0.05) is 30.3 Å². The summed E-state index contributed by atoms with van der Waals surface area (Å²) >= 11 is 0. The molecular formula is C24H21N3O3. The number of H-pyrrole nitrogens is 1. The van der Waals surface area contributed by atoms with Gasteiger partial charge in [-0.15, -0.1) is 0 Å². The number of rotatable bonds is 5. The molecule has 0 atom stereocenters. The fourth-order valence-corrected chi connectivity index (χ4v) is 3.49. The number of carbonyl (C=O) groups excluding carboxylic acids is 1. The second-order valence-corrected chi connectivity index (χ2v) is 6.96. The van der Waals surface area contributed by atoms with Crippen molar-refractivity contribution in [2.75, 3.05) is 12.0 Å². The zero-order chi connectivity index (χ0) is 21.1. The molecule has 1 amide bonds. The number of carbonyl (C=O) groups is 1. The molecule has 2 aromatic carbocycles. The average molecular weight is 399 g/mol. The fraction of sp³-hybridized carbons (Fsp3) is 0.125. The molecule has 2 aromatic heterocycles. The van der Waals surface area contributed by atoms with Gasteiger partial charge in [0.1, 0.15) is 5.75 Å². The van der Waals surface area contributed by atoms with Crippen molar-refractivity contribution in [1.29, 1.82) is 0 Å². The molecule has 0 fully saturated rings. The number of pyridine rings is 2. The number of hydrogen-bond acceptors (Lipinski definition) is 4. The first kappa shape index (κ1) is 19.4. The number of aromatic nitrogens is 2. The lowest BCUT2D eigenvalue weighted by atomic mass is 10.1. The Hall–Kier alpha value is -3.93. The van der Waals surface area contributed by atoms with Crippen LogP contribution in [-0.2, 0) is 6.54 Å². The van der Waals surface area contributed by atoms with Gasteiger partial charge in [-0.3, -0.25) is 14.6 Å². The zero-order valence-electron chi connectivity index (χ0n) is 16.8. The van der Waals surface area contributed by atoms with E-state index in [9.17, 15) is 9.59 Å². The number of aryl methyl sites for hydroxylation is 1. The second-order valence-electron chi connectivity index (χ2n) is 6.96. The molecule has 1 N–H and O–H groups in total. The molecule has 0 saturated heterocycles. The Labute approximate surface area is 173 Å². The lowest BCUT2D eigenvalue weighted by Crippen LogP contribution is -2.33. The smallest absolute Gasteiger partial charge is 0.258 e. The van der Waals surface area contributed by atoms with Crippen LogP contribution in [0.1, 0.15) is 21.5 Å². The van der Waals surface area contributed by atoms with E-state index in [1.54, 1.807) is 48.7 Å². The van der Waals surface area contributed by atoms with Gasteiger partial charge >= 0.3 is 0 Å². The standard InChI is InChI=1S/C24H21N3O3/c1-16-6-5-7-18-14-19(23(28)26-22(16)18)15-27(20-8-3-4-9-21(20)30-2)24(29)17-10-12-25-13-11-17/h3-14H,15H2,1-2H3,(H,26,28). The highest BCUT2D eigenvalue weighted by molar-refractivity contribution is 6.06. The van der Waals surface area contributed by atoms with E-state index < -0.39 is 0 Å². The van der Waals surface area contributed by atoms with Crippen LogP contribution in [-0.4, -0.2) is 23.0 Å².